The molecule has 0 amide bonds. The minimum Gasteiger partial charge on any atom is -0.460 e. The summed E-state index contributed by atoms with van der Waals surface area (Å²) in [5, 5.41) is 0. The van der Waals surface area contributed by atoms with E-state index in [1.165, 1.54) is 70.6 Å². The van der Waals surface area contributed by atoms with E-state index < -0.39 is 13.7 Å². The fraction of sp³-hybridized carbons (Fsp3) is 0.962. The molecule has 0 radical (unpaired) electrons. The van der Waals surface area contributed by atoms with Crippen molar-refractivity contribution in [3.05, 3.63) is 0 Å². The maximum absolute atomic E-state index is 12.1. The first-order chi connectivity index (χ1) is 16.2. The highest BCUT2D eigenvalue weighted by Gasteiger charge is 2.24. The van der Waals surface area contributed by atoms with Gasteiger partial charge in [-0.05, 0) is 18.3 Å². The SMILES string of the molecule is CCCCCCCCCCCCC(C)CC(C)COCC(COP(=O)(O)CC[NH+](C)C)OC=O. The summed E-state index contributed by atoms with van der Waals surface area (Å²) in [5.74, 6) is 1.07. The average molecular weight is 509 g/mol. The lowest BCUT2D eigenvalue weighted by atomic mass is 9.93. The molecule has 4 unspecified atom stereocenters. The molecule has 0 aromatic rings. The Morgan fingerprint density at radius 2 is 1.47 bits per heavy atom. The van der Waals surface area contributed by atoms with Crippen LogP contribution >= 0.6 is 7.60 Å². The number of hydrogen-bond donors (Lipinski definition) is 2. The summed E-state index contributed by atoms with van der Waals surface area (Å²) >= 11 is 0. The van der Waals surface area contributed by atoms with Crippen LogP contribution in [0.2, 0.25) is 0 Å². The monoisotopic (exact) mass is 508 g/mol. The number of unbranched alkanes of at least 4 members (excludes halogenated alkanes) is 9. The molecule has 204 valence electrons. The van der Waals surface area contributed by atoms with Crippen LogP contribution in [0.4, 0.5) is 0 Å². The molecule has 8 heteroatoms. The minimum absolute atomic E-state index is 0.0674. The normalized spacial score (nSPS) is 16.2. The Balaban J connectivity index is 3.90. The van der Waals surface area contributed by atoms with Crippen LogP contribution in [-0.2, 0) is 23.4 Å². The lowest BCUT2D eigenvalue weighted by molar-refractivity contribution is -0.855. The average Bonchev–Trinajstić information content (AvgIpc) is 2.77. The third-order valence-electron chi connectivity index (χ3n) is 6.17. The van der Waals surface area contributed by atoms with Crippen molar-refractivity contribution < 1.29 is 33.2 Å². The van der Waals surface area contributed by atoms with Gasteiger partial charge >= 0.3 is 7.60 Å². The van der Waals surface area contributed by atoms with Gasteiger partial charge in [0.25, 0.3) is 6.47 Å². The first kappa shape index (κ1) is 33.5. The summed E-state index contributed by atoms with van der Waals surface area (Å²) in [5.41, 5.74) is 0. The second kappa shape index (κ2) is 21.8. The molecule has 4 atom stereocenters. The van der Waals surface area contributed by atoms with Crippen molar-refractivity contribution in [3.8, 4) is 0 Å². The van der Waals surface area contributed by atoms with E-state index in [0.717, 1.165) is 11.3 Å². The van der Waals surface area contributed by atoms with Crippen LogP contribution in [0.1, 0.15) is 97.8 Å². The zero-order chi connectivity index (χ0) is 25.7. The molecule has 7 nitrogen and oxygen atoms in total. The molecule has 0 aromatic carbocycles. The van der Waals surface area contributed by atoms with E-state index in [9.17, 15) is 14.3 Å². The van der Waals surface area contributed by atoms with Crippen molar-refractivity contribution in [1.29, 1.82) is 0 Å². The maximum Gasteiger partial charge on any atom is 0.333 e. The van der Waals surface area contributed by atoms with Crippen molar-refractivity contribution in [2.24, 2.45) is 11.8 Å². The first-order valence-electron chi connectivity index (χ1n) is 13.6. The summed E-state index contributed by atoms with van der Waals surface area (Å²) in [6.07, 6.45) is 15.4. The van der Waals surface area contributed by atoms with Crippen LogP contribution in [0.5, 0.6) is 0 Å². The third-order valence-corrected chi connectivity index (χ3v) is 7.51. The Kier molecular flexibility index (Phi) is 21.5. The molecule has 0 aromatic heterocycles. The van der Waals surface area contributed by atoms with Gasteiger partial charge < -0.3 is 23.8 Å². The van der Waals surface area contributed by atoms with Gasteiger partial charge in [-0.2, -0.15) is 0 Å². The van der Waals surface area contributed by atoms with Crippen LogP contribution in [0.3, 0.4) is 0 Å². The van der Waals surface area contributed by atoms with Gasteiger partial charge in [-0.25, -0.2) is 0 Å². The molecule has 0 aliphatic heterocycles. The number of quaternary nitrogens is 1. The molecule has 0 spiro atoms. The van der Waals surface area contributed by atoms with Crippen molar-refractivity contribution in [3.63, 3.8) is 0 Å². The summed E-state index contributed by atoms with van der Waals surface area (Å²) in [7, 11) is 0.124. The Bertz CT molecular complexity index is 520. The van der Waals surface area contributed by atoms with Crippen LogP contribution in [0.25, 0.3) is 0 Å². The zero-order valence-electron chi connectivity index (χ0n) is 22.8. The molecule has 0 aliphatic carbocycles. The number of carbonyl (C=O) groups is 1. The number of rotatable bonds is 25. The van der Waals surface area contributed by atoms with Gasteiger partial charge in [-0.15, -0.1) is 0 Å². The minimum atomic E-state index is -3.69. The van der Waals surface area contributed by atoms with Gasteiger partial charge in [0.05, 0.1) is 40.0 Å². The van der Waals surface area contributed by atoms with Gasteiger partial charge in [0, 0.05) is 6.61 Å². The quantitative estimate of drug-likeness (QED) is 0.104. The fourth-order valence-corrected chi connectivity index (χ4v) is 5.35. The van der Waals surface area contributed by atoms with Gasteiger partial charge in [0.15, 0.2) is 0 Å². The van der Waals surface area contributed by atoms with Crippen molar-refractivity contribution in [2.45, 2.75) is 104 Å². The van der Waals surface area contributed by atoms with Crippen LogP contribution in [0.15, 0.2) is 0 Å². The molecule has 0 heterocycles. The number of carbonyl (C=O) groups excluding carboxylic acids is 1. The predicted molar refractivity (Wildman–Crippen MR) is 139 cm³/mol. The van der Waals surface area contributed by atoms with Gasteiger partial charge in [0.1, 0.15) is 6.10 Å². The largest absolute Gasteiger partial charge is 0.460 e. The van der Waals surface area contributed by atoms with Crippen LogP contribution in [-0.4, -0.2) is 64.1 Å². The second-order valence-corrected chi connectivity index (χ2v) is 12.4. The topological polar surface area (TPSA) is 86.5 Å². The second-order valence-electron chi connectivity index (χ2n) is 10.4. The zero-order valence-corrected chi connectivity index (χ0v) is 23.7. The molecule has 0 bridgehead atoms. The lowest BCUT2D eigenvalue weighted by Gasteiger charge is -2.21. The highest BCUT2D eigenvalue weighted by Crippen LogP contribution is 2.40. The van der Waals surface area contributed by atoms with E-state index in [1.807, 2.05) is 14.1 Å². The predicted octanol–water partition coefficient (Wildman–Crippen LogP) is 4.86. The smallest absolute Gasteiger partial charge is 0.333 e. The van der Waals surface area contributed by atoms with Gasteiger partial charge in [0.2, 0.25) is 0 Å². The fourth-order valence-electron chi connectivity index (χ4n) is 4.09. The van der Waals surface area contributed by atoms with Gasteiger partial charge in [-0.3, -0.25) is 9.36 Å². The summed E-state index contributed by atoms with van der Waals surface area (Å²) in [6.45, 7) is 8.20. The molecule has 0 aliphatic rings. The molecule has 34 heavy (non-hydrogen) atoms. The first-order valence-corrected chi connectivity index (χ1v) is 15.4. The van der Waals surface area contributed by atoms with E-state index >= 15 is 0 Å². The summed E-state index contributed by atoms with van der Waals surface area (Å²) in [6, 6.07) is 0. The molecule has 0 saturated heterocycles. The summed E-state index contributed by atoms with van der Waals surface area (Å²) in [4.78, 5) is 21.7. The van der Waals surface area contributed by atoms with Crippen LogP contribution < -0.4 is 4.90 Å². The van der Waals surface area contributed by atoms with E-state index in [4.69, 9.17) is 14.0 Å². The van der Waals surface area contributed by atoms with E-state index in [0.29, 0.717) is 31.5 Å². The molecular weight excluding hydrogens is 453 g/mol. The molecule has 0 fully saturated rings. The molecular formula is C26H55NO6P+. The van der Waals surface area contributed by atoms with E-state index in [2.05, 4.69) is 20.8 Å². The lowest BCUT2D eigenvalue weighted by Crippen LogP contribution is -3.06. The standard InChI is InChI=1S/C26H54NO6P/c1-6-7-8-9-10-11-12-13-14-15-16-24(2)19-25(3)20-31-21-26(32-23-28)22-33-34(29,30)18-17-27(4)5/h23-26H,6-22H2,1-5H3,(H,29,30)/p+1. The number of nitrogens with one attached hydrogen (secondary N) is 1. The number of ether oxygens (including phenoxy) is 2. The van der Waals surface area contributed by atoms with Crippen LogP contribution in [0, 0.1) is 11.8 Å². The number of hydrogen-bond acceptors (Lipinski definition) is 5. The van der Waals surface area contributed by atoms with Crippen molar-refractivity contribution in [2.75, 3.05) is 46.6 Å². The highest BCUT2D eigenvalue weighted by molar-refractivity contribution is 7.52. The third kappa shape index (κ3) is 22.0. The Morgan fingerprint density at radius 1 is 0.882 bits per heavy atom. The Morgan fingerprint density at radius 3 is 2.03 bits per heavy atom. The Hall–Kier alpha value is -0.460. The summed E-state index contributed by atoms with van der Waals surface area (Å²) < 4.78 is 27.9. The molecule has 2 N–H and O–H groups in total. The Labute approximate surface area is 209 Å². The van der Waals surface area contributed by atoms with E-state index in [-0.39, 0.29) is 19.4 Å². The molecule has 0 rings (SSSR count). The van der Waals surface area contributed by atoms with E-state index in [1.54, 1.807) is 0 Å². The molecule has 0 saturated carbocycles. The van der Waals surface area contributed by atoms with Crippen molar-refractivity contribution in [1.82, 2.24) is 0 Å². The van der Waals surface area contributed by atoms with Crippen molar-refractivity contribution >= 4 is 14.1 Å². The van der Waals surface area contributed by atoms with Gasteiger partial charge in [-0.1, -0.05) is 91.4 Å². The maximum atomic E-state index is 12.1. The highest BCUT2D eigenvalue weighted by atomic mass is 31.2.